The Morgan fingerprint density at radius 2 is 1.85 bits per heavy atom. The van der Waals surface area contributed by atoms with E-state index in [2.05, 4.69) is 41.9 Å². The van der Waals surface area contributed by atoms with Gasteiger partial charge >= 0.3 is 0 Å². The second-order valence-electron chi connectivity index (χ2n) is 8.21. The van der Waals surface area contributed by atoms with Crippen molar-refractivity contribution in [2.75, 3.05) is 32.2 Å². The van der Waals surface area contributed by atoms with Crippen molar-refractivity contribution >= 4 is 27.5 Å². The topological polar surface area (TPSA) is 114 Å². The SMILES string of the molecule is CC(C)(c1ccc(OC[C@H](O)CN(N)/C=C(\N)CO)cc1)c1ccc(OCCCCl)c(Br)c1. The molecule has 2 aromatic carbocycles. The molecule has 1 atom stereocenters. The molecule has 0 aliphatic heterocycles. The zero-order chi connectivity index (χ0) is 24.4. The largest absolute Gasteiger partial charge is 0.492 e. The zero-order valence-corrected chi connectivity index (χ0v) is 21.3. The summed E-state index contributed by atoms with van der Waals surface area (Å²) in [5, 5.41) is 20.2. The average Bonchev–Trinajstić information content (AvgIpc) is 2.78. The molecule has 6 N–H and O–H groups in total. The van der Waals surface area contributed by atoms with Gasteiger partial charge in [0, 0.05) is 17.5 Å². The van der Waals surface area contributed by atoms with E-state index in [0.717, 1.165) is 27.8 Å². The Hall–Kier alpha value is -1.97. The van der Waals surface area contributed by atoms with Crippen molar-refractivity contribution in [3.63, 3.8) is 0 Å². The highest BCUT2D eigenvalue weighted by Crippen LogP contribution is 2.36. The van der Waals surface area contributed by atoms with E-state index in [9.17, 15) is 5.11 Å². The van der Waals surface area contributed by atoms with Gasteiger partial charge in [0.05, 0.1) is 29.9 Å². The molecule has 182 valence electrons. The minimum atomic E-state index is -0.823. The van der Waals surface area contributed by atoms with Crippen LogP contribution in [-0.4, -0.2) is 53.6 Å². The van der Waals surface area contributed by atoms with Crippen molar-refractivity contribution < 1.29 is 19.7 Å². The van der Waals surface area contributed by atoms with E-state index in [1.54, 1.807) is 0 Å². The maximum Gasteiger partial charge on any atom is 0.133 e. The second-order valence-corrected chi connectivity index (χ2v) is 9.44. The number of halogens is 2. The van der Waals surface area contributed by atoms with Crippen LogP contribution in [0.25, 0.3) is 0 Å². The zero-order valence-electron chi connectivity index (χ0n) is 19.0. The fraction of sp³-hybridized carbons (Fsp3) is 0.417. The first-order chi connectivity index (χ1) is 15.7. The highest BCUT2D eigenvalue weighted by atomic mass is 79.9. The number of hydrogen-bond donors (Lipinski definition) is 4. The van der Waals surface area contributed by atoms with Gasteiger partial charge in [-0.05, 0) is 57.7 Å². The summed E-state index contributed by atoms with van der Waals surface area (Å²) in [6.07, 6.45) is 1.35. The predicted molar refractivity (Wildman–Crippen MR) is 135 cm³/mol. The van der Waals surface area contributed by atoms with Crippen LogP contribution >= 0.6 is 27.5 Å². The van der Waals surface area contributed by atoms with Gasteiger partial charge in [-0.1, -0.05) is 32.0 Å². The van der Waals surface area contributed by atoms with E-state index in [-0.39, 0.29) is 30.9 Å². The maximum absolute atomic E-state index is 10.1. The first kappa shape index (κ1) is 27.3. The summed E-state index contributed by atoms with van der Waals surface area (Å²) in [7, 11) is 0. The first-order valence-corrected chi connectivity index (χ1v) is 12.0. The number of alkyl halides is 1. The smallest absolute Gasteiger partial charge is 0.133 e. The average molecular weight is 543 g/mol. The molecule has 0 aliphatic carbocycles. The van der Waals surface area contributed by atoms with Crippen molar-refractivity contribution in [3.05, 3.63) is 70.0 Å². The highest BCUT2D eigenvalue weighted by Gasteiger charge is 2.24. The number of hydrazine groups is 1. The van der Waals surface area contributed by atoms with Crippen LogP contribution in [0, 0.1) is 0 Å². The van der Waals surface area contributed by atoms with E-state index >= 15 is 0 Å². The molecule has 0 unspecified atom stereocenters. The molecular weight excluding hydrogens is 510 g/mol. The summed E-state index contributed by atoms with van der Waals surface area (Å²) < 4.78 is 12.4. The van der Waals surface area contributed by atoms with Gasteiger partial charge in [-0.3, -0.25) is 0 Å². The van der Waals surface area contributed by atoms with Crippen LogP contribution < -0.4 is 21.1 Å². The van der Waals surface area contributed by atoms with Crippen molar-refractivity contribution in [2.24, 2.45) is 11.6 Å². The lowest BCUT2D eigenvalue weighted by atomic mass is 9.78. The molecule has 0 bridgehead atoms. The van der Waals surface area contributed by atoms with E-state index in [4.69, 9.17) is 37.8 Å². The molecule has 0 aromatic heterocycles. The Morgan fingerprint density at radius 3 is 2.45 bits per heavy atom. The third kappa shape index (κ3) is 8.39. The van der Waals surface area contributed by atoms with Crippen molar-refractivity contribution in [2.45, 2.75) is 31.8 Å². The summed E-state index contributed by atoms with van der Waals surface area (Å²) in [5.41, 5.74) is 7.74. The molecule has 33 heavy (non-hydrogen) atoms. The Kier molecular flexibility index (Phi) is 10.8. The molecule has 0 heterocycles. The summed E-state index contributed by atoms with van der Waals surface area (Å²) in [6.45, 7) is 4.78. The fourth-order valence-corrected chi connectivity index (χ4v) is 3.78. The molecule has 0 saturated carbocycles. The van der Waals surface area contributed by atoms with Crippen LogP contribution in [0.15, 0.2) is 58.8 Å². The van der Waals surface area contributed by atoms with Crippen molar-refractivity contribution in [1.82, 2.24) is 5.01 Å². The van der Waals surface area contributed by atoms with Crippen LogP contribution in [0.5, 0.6) is 11.5 Å². The minimum Gasteiger partial charge on any atom is -0.492 e. The Morgan fingerprint density at radius 1 is 1.18 bits per heavy atom. The molecule has 0 aliphatic rings. The molecule has 7 nitrogen and oxygen atoms in total. The molecule has 0 radical (unpaired) electrons. The molecular formula is C24H33BrClN3O4. The third-order valence-electron chi connectivity index (χ3n) is 5.14. The first-order valence-electron chi connectivity index (χ1n) is 10.7. The highest BCUT2D eigenvalue weighted by molar-refractivity contribution is 9.10. The predicted octanol–water partition coefficient (Wildman–Crippen LogP) is 3.49. The van der Waals surface area contributed by atoms with E-state index in [0.29, 0.717) is 18.2 Å². The van der Waals surface area contributed by atoms with E-state index < -0.39 is 6.10 Å². The van der Waals surface area contributed by atoms with Gasteiger partial charge in [-0.2, -0.15) is 0 Å². The van der Waals surface area contributed by atoms with Crippen LogP contribution in [0.4, 0.5) is 0 Å². The molecule has 0 amide bonds. The summed E-state index contributed by atoms with van der Waals surface area (Å²) in [4.78, 5) is 0. The van der Waals surface area contributed by atoms with Crippen LogP contribution in [0.1, 0.15) is 31.4 Å². The lowest BCUT2D eigenvalue weighted by molar-refractivity contribution is 0.0815. The molecule has 0 saturated heterocycles. The molecule has 0 spiro atoms. The number of nitrogens with two attached hydrogens (primary N) is 2. The standard InChI is InChI=1S/C24H33BrClN3O4/c1-24(2,18-6-9-23(22(25)12-18)32-11-3-10-26)17-4-7-21(8-5-17)33-16-20(31)14-29(28)13-19(27)15-30/h4-9,12-13,20,30-31H,3,10-11,14-16,27-28H2,1-2H3/b19-13-/t20-/m1/s1. The van der Waals surface area contributed by atoms with Crippen LogP contribution in [-0.2, 0) is 5.41 Å². The monoisotopic (exact) mass is 541 g/mol. The van der Waals surface area contributed by atoms with Gasteiger partial charge < -0.3 is 30.4 Å². The molecule has 9 heteroatoms. The lowest BCUT2D eigenvalue weighted by Crippen LogP contribution is -2.37. The number of benzene rings is 2. The maximum atomic E-state index is 10.1. The quantitative estimate of drug-likeness (QED) is 0.133. The lowest BCUT2D eigenvalue weighted by Gasteiger charge is -2.27. The van der Waals surface area contributed by atoms with Gasteiger partial charge in [0.25, 0.3) is 0 Å². The summed E-state index contributed by atoms with van der Waals surface area (Å²) in [6, 6.07) is 13.9. The van der Waals surface area contributed by atoms with Crippen molar-refractivity contribution in [3.8, 4) is 11.5 Å². The normalized spacial score (nSPS) is 13.0. The van der Waals surface area contributed by atoms with Crippen molar-refractivity contribution in [1.29, 1.82) is 0 Å². The number of aliphatic hydroxyl groups excluding tert-OH is 2. The van der Waals surface area contributed by atoms with Gasteiger partial charge in [-0.25, -0.2) is 5.84 Å². The Balaban J connectivity index is 1.98. The van der Waals surface area contributed by atoms with Gasteiger partial charge in [0.1, 0.15) is 24.2 Å². The molecule has 2 aromatic rings. The Bertz CT molecular complexity index is 909. The third-order valence-corrected chi connectivity index (χ3v) is 6.03. The van der Waals surface area contributed by atoms with E-state index in [1.165, 1.54) is 11.2 Å². The number of ether oxygens (including phenoxy) is 2. The van der Waals surface area contributed by atoms with Crippen LogP contribution in [0.3, 0.4) is 0 Å². The van der Waals surface area contributed by atoms with Gasteiger partial charge in [-0.15, -0.1) is 11.6 Å². The molecule has 0 fully saturated rings. The summed E-state index contributed by atoms with van der Waals surface area (Å²) >= 11 is 9.32. The van der Waals surface area contributed by atoms with Crippen LogP contribution in [0.2, 0.25) is 0 Å². The number of aliphatic hydroxyl groups is 2. The summed E-state index contributed by atoms with van der Waals surface area (Å²) in [5.74, 6) is 7.74. The second kappa shape index (κ2) is 13.1. The van der Waals surface area contributed by atoms with Gasteiger partial charge in [0.2, 0.25) is 0 Å². The van der Waals surface area contributed by atoms with E-state index in [1.807, 2.05) is 30.3 Å². The number of hydrogen-bond acceptors (Lipinski definition) is 7. The number of rotatable bonds is 13. The number of nitrogens with zero attached hydrogens (tertiary/aromatic N) is 1. The molecule has 2 rings (SSSR count). The van der Waals surface area contributed by atoms with Gasteiger partial charge in [0.15, 0.2) is 0 Å². The fourth-order valence-electron chi connectivity index (χ4n) is 3.17. The Labute approximate surface area is 209 Å². The minimum absolute atomic E-state index is 0.0709.